The molecule has 0 saturated carbocycles. The average molecular weight is 392 g/mol. The number of carboxylic acids is 1. The Morgan fingerprint density at radius 2 is 1.62 bits per heavy atom. The third-order valence-electron chi connectivity index (χ3n) is 3.86. The molecule has 0 aromatic rings. The molecule has 0 saturated heterocycles. The van der Waals surface area contributed by atoms with Crippen LogP contribution in [-0.4, -0.2) is 70.4 Å². The first-order valence-corrected chi connectivity index (χ1v) is 8.84. The van der Waals surface area contributed by atoms with Crippen molar-refractivity contribution in [3.8, 4) is 0 Å². The zero-order valence-corrected chi connectivity index (χ0v) is 16.0. The van der Waals surface area contributed by atoms with Crippen molar-refractivity contribution in [1.29, 1.82) is 0 Å². The van der Waals surface area contributed by atoms with Crippen LogP contribution in [-0.2, 0) is 19.2 Å². The van der Waals surface area contributed by atoms with E-state index in [-0.39, 0.29) is 18.2 Å². The molecular weight excluding hydrogens is 364 g/mol. The second-order valence-electron chi connectivity index (χ2n) is 5.94. The fourth-order valence-electron chi connectivity index (χ4n) is 2.03. The van der Waals surface area contributed by atoms with Gasteiger partial charge in [0.15, 0.2) is 0 Å². The Kier molecular flexibility index (Phi) is 10.9. The number of rotatable bonds is 11. The third kappa shape index (κ3) is 7.58. The van der Waals surface area contributed by atoms with Crippen LogP contribution in [0.5, 0.6) is 0 Å². The van der Waals surface area contributed by atoms with Crippen LogP contribution in [0.2, 0.25) is 0 Å². The third-order valence-corrected chi connectivity index (χ3v) is 4.22. The van der Waals surface area contributed by atoms with Crippen LogP contribution in [0.25, 0.3) is 0 Å². The Morgan fingerprint density at radius 1 is 1.04 bits per heavy atom. The summed E-state index contributed by atoms with van der Waals surface area (Å²) >= 11 is 3.99. The Bertz CT molecular complexity index is 516. The molecule has 7 N–H and O–H groups in total. The summed E-state index contributed by atoms with van der Waals surface area (Å²) in [5, 5.41) is 25.9. The van der Waals surface area contributed by atoms with Crippen LogP contribution in [0.1, 0.15) is 27.2 Å². The summed E-state index contributed by atoms with van der Waals surface area (Å²) in [5.41, 5.74) is 5.16. The molecular formula is C15H28N4O6S. The lowest BCUT2D eigenvalue weighted by Gasteiger charge is -2.26. The molecule has 5 atom stereocenters. The summed E-state index contributed by atoms with van der Waals surface area (Å²) in [5.74, 6) is -3.81. The number of thiol groups is 1. The van der Waals surface area contributed by atoms with Gasteiger partial charge in [-0.25, -0.2) is 4.79 Å². The molecule has 26 heavy (non-hydrogen) atoms. The summed E-state index contributed by atoms with van der Waals surface area (Å²) in [6.45, 7) is 4.39. The molecule has 0 aliphatic carbocycles. The maximum Gasteiger partial charge on any atom is 0.326 e. The highest BCUT2D eigenvalue weighted by molar-refractivity contribution is 7.80. The first-order valence-electron chi connectivity index (χ1n) is 8.20. The monoisotopic (exact) mass is 392 g/mol. The van der Waals surface area contributed by atoms with E-state index in [1.54, 1.807) is 13.8 Å². The first-order chi connectivity index (χ1) is 12.1. The molecule has 0 radical (unpaired) electrons. The number of carbonyl (C=O) groups excluding carboxylic acids is 3. The zero-order chi connectivity index (χ0) is 20.4. The van der Waals surface area contributed by atoms with Crippen molar-refractivity contribution < 1.29 is 29.4 Å². The van der Waals surface area contributed by atoms with E-state index >= 15 is 0 Å². The highest BCUT2D eigenvalue weighted by Gasteiger charge is 2.32. The second-order valence-corrected chi connectivity index (χ2v) is 6.31. The van der Waals surface area contributed by atoms with Gasteiger partial charge in [0.2, 0.25) is 17.7 Å². The minimum absolute atomic E-state index is 0.109. The Balaban J connectivity index is 5.09. The van der Waals surface area contributed by atoms with Crippen molar-refractivity contribution in [3.63, 3.8) is 0 Å². The summed E-state index contributed by atoms with van der Waals surface area (Å²) in [4.78, 5) is 47.2. The molecule has 0 aromatic heterocycles. The number of aliphatic hydroxyl groups is 1. The molecule has 0 aliphatic heterocycles. The number of carbonyl (C=O) groups is 4. The van der Waals surface area contributed by atoms with E-state index in [2.05, 4.69) is 28.6 Å². The van der Waals surface area contributed by atoms with Crippen LogP contribution in [0.4, 0.5) is 0 Å². The molecule has 11 heteroatoms. The van der Waals surface area contributed by atoms with Crippen LogP contribution in [0.15, 0.2) is 0 Å². The van der Waals surface area contributed by atoms with Gasteiger partial charge in [0.05, 0.1) is 12.6 Å². The Labute approximate surface area is 157 Å². The number of nitrogens with two attached hydrogens (primary N) is 1. The van der Waals surface area contributed by atoms with Crippen molar-refractivity contribution >= 4 is 36.3 Å². The van der Waals surface area contributed by atoms with E-state index in [4.69, 9.17) is 5.73 Å². The Hall–Kier alpha value is -1.85. The van der Waals surface area contributed by atoms with Gasteiger partial charge in [0.1, 0.15) is 18.1 Å². The van der Waals surface area contributed by atoms with Crippen molar-refractivity contribution in [2.75, 3.05) is 12.3 Å². The van der Waals surface area contributed by atoms with Gasteiger partial charge in [-0.3, -0.25) is 14.4 Å². The van der Waals surface area contributed by atoms with Gasteiger partial charge in [-0.2, -0.15) is 12.6 Å². The van der Waals surface area contributed by atoms with Crippen LogP contribution < -0.4 is 21.7 Å². The van der Waals surface area contributed by atoms with E-state index < -0.39 is 47.9 Å². The fourth-order valence-corrected chi connectivity index (χ4v) is 2.29. The van der Waals surface area contributed by atoms with Crippen LogP contribution in [0, 0.1) is 5.92 Å². The number of hydrogen-bond acceptors (Lipinski definition) is 7. The summed E-state index contributed by atoms with van der Waals surface area (Å²) < 4.78 is 0. The van der Waals surface area contributed by atoms with Crippen molar-refractivity contribution in [2.24, 2.45) is 11.7 Å². The van der Waals surface area contributed by atoms with Gasteiger partial charge in [0, 0.05) is 5.75 Å². The highest BCUT2D eigenvalue weighted by Crippen LogP contribution is 2.08. The summed E-state index contributed by atoms with van der Waals surface area (Å²) in [6.07, 6.45) is -0.703. The van der Waals surface area contributed by atoms with E-state index in [0.717, 1.165) is 0 Å². The summed E-state index contributed by atoms with van der Waals surface area (Å²) in [6, 6.07) is -3.57. The van der Waals surface area contributed by atoms with Gasteiger partial charge < -0.3 is 31.9 Å². The quantitative estimate of drug-likeness (QED) is 0.196. The average Bonchev–Trinajstić information content (AvgIpc) is 2.59. The molecule has 0 aromatic carbocycles. The predicted octanol–water partition coefficient (Wildman–Crippen LogP) is -2.16. The molecule has 0 aliphatic rings. The Morgan fingerprint density at radius 3 is 2.00 bits per heavy atom. The maximum atomic E-state index is 12.3. The highest BCUT2D eigenvalue weighted by atomic mass is 32.1. The van der Waals surface area contributed by atoms with E-state index in [0.29, 0.717) is 6.42 Å². The molecule has 3 amide bonds. The van der Waals surface area contributed by atoms with E-state index in [1.165, 1.54) is 6.92 Å². The maximum absolute atomic E-state index is 12.3. The number of aliphatic carboxylic acids is 1. The molecule has 0 heterocycles. The lowest BCUT2D eigenvalue weighted by Crippen LogP contribution is -2.59. The van der Waals surface area contributed by atoms with Gasteiger partial charge in [-0.1, -0.05) is 20.3 Å². The number of carboxylic acid groups (broad SMARTS) is 1. The minimum atomic E-state index is -1.31. The summed E-state index contributed by atoms with van der Waals surface area (Å²) in [7, 11) is 0. The second kappa shape index (κ2) is 11.7. The molecule has 0 bridgehead atoms. The van der Waals surface area contributed by atoms with Gasteiger partial charge >= 0.3 is 5.97 Å². The number of amides is 3. The van der Waals surface area contributed by atoms with E-state index in [9.17, 15) is 29.4 Å². The fraction of sp³-hybridized carbons (Fsp3) is 0.733. The topological polar surface area (TPSA) is 171 Å². The van der Waals surface area contributed by atoms with Crippen molar-refractivity contribution in [2.45, 2.75) is 51.4 Å². The van der Waals surface area contributed by atoms with Crippen LogP contribution >= 0.6 is 12.6 Å². The van der Waals surface area contributed by atoms with E-state index in [1.807, 2.05) is 0 Å². The number of hydrogen-bond donors (Lipinski definition) is 7. The number of nitrogens with one attached hydrogen (secondary N) is 3. The van der Waals surface area contributed by atoms with Crippen molar-refractivity contribution in [1.82, 2.24) is 16.0 Å². The van der Waals surface area contributed by atoms with Gasteiger partial charge in [-0.05, 0) is 12.8 Å². The predicted molar refractivity (Wildman–Crippen MR) is 97.5 cm³/mol. The first kappa shape index (κ1) is 24.1. The lowest BCUT2D eigenvalue weighted by molar-refractivity contribution is -0.143. The molecule has 0 rings (SSSR count). The molecule has 0 spiro atoms. The minimum Gasteiger partial charge on any atom is -0.480 e. The molecule has 0 fully saturated rings. The smallest absolute Gasteiger partial charge is 0.326 e. The van der Waals surface area contributed by atoms with Crippen molar-refractivity contribution in [3.05, 3.63) is 0 Å². The van der Waals surface area contributed by atoms with Gasteiger partial charge in [-0.15, -0.1) is 0 Å². The molecule has 5 unspecified atom stereocenters. The largest absolute Gasteiger partial charge is 0.480 e. The normalized spacial score (nSPS) is 16.5. The standard InChI is InChI=1S/C15H28N4O6S/c1-4-7(2)11(15(24)25)19-13(22)9(6-26)17-14(23)12(8(3)20)18-10(21)5-16/h7-9,11-12,20,26H,4-6,16H2,1-3H3,(H,17,23)(H,18,21)(H,19,22)(H,24,25). The zero-order valence-electron chi connectivity index (χ0n) is 15.1. The number of aliphatic hydroxyl groups excluding tert-OH is 1. The molecule has 10 nitrogen and oxygen atoms in total. The lowest BCUT2D eigenvalue weighted by atomic mass is 9.99. The SMILES string of the molecule is CCC(C)C(NC(=O)C(CS)NC(=O)C(NC(=O)CN)C(C)O)C(=O)O. The molecule has 150 valence electrons. The van der Waals surface area contributed by atoms with Crippen LogP contribution in [0.3, 0.4) is 0 Å². The van der Waals surface area contributed by atoms with Gasteiger partial charge in [0.25, 0.3) is 0 Å².